The first kappa shape index (κ1) is 12.3. The molecule has 6 heteroatoms. The van der Waals surface area contributed by atoms with E-state index in [0.717, 1.165) is 17.2 Å². The molecule has 2 aliphatic rings. The summed E-state index contributed by atoms with van der Waals surface area (Å²) in [5.41, 5.74) is 4.93. The van der Waals surface area contributed by atoms with Crippen molar-refractivity contribution >= 4 is 17.5 Å². The van der Waals surface area contributed by atoms with Crippen molar-refractivity contribution in [1.82, 2.24) is 30.2 Å². The highest BCUT2D eigenvalue weighted by molar-refractivity contribution is 5.88. The topological polar surface area (TPSA) is 59.7 Å². The van der Waals surface area contributed by atoms with Crippen LogP contribution in [0.4, 0.5) is 0 Å². The molecule has 0 saturated heterocycles. The number of hydrogen-bond acceptors (Lipinski definition) is 4. The molecule has 1 atom stereocenters. The zero-order valence-corrected chi connectivity index (χ0v) is 12.4. The number of hydrogen-bond donors (Lipinski definition) is 2. The van der Waals surface area contributed by atoms with Crippen LogP contribution in [0.15, 0.2) is 24.2 Å². The van der Waals surface area contributed by atoms with Gasteiger partial charge in [0.1, 0.15) is 6.17 Å². The van der Waals surface area contributed by atoms with Gasteiger partial charge in [0.15, 0.2) is 0 Å². The van der Waals surface area contributed by atoms with Gasteiger partial charge < -0.3 is 10.6 Å². The average molecular weight is 282 g/mol. The molecule has 0 aromatic carbocycles. The van der Waals surface area contributed by atoms with E-state index >= 15 is 0 Å². The largest absolute Gasteiger partial charge is 0.367 e. The molecule has 0 spiro atoms. The third-order valence-corrected chi connectivity index (χ3v) is 4.18. The maximum atomic E-state index is 4.39. The van der Waals surface area contributed by atoms with Crippen LogP contribution in [-0.2, 0) is 14.1 Å². The molecule has 1 unspecified atom stereocenters. The smallest absolute Gasteiger partial charge is 0.125 e. The summed E-state index contributed by atoms with van der Waals surface area (Å²) < 4.78 is 3.79. The predicted octanol–water partition coefficient (Wildman–Crippen LogP) is -0.604. The number of aromatic nitrogens is 4. The number of rotatable bonds is 2. The fourth-order valence-electron chi connectivity index (χ4n) is 3.26. The van der Waals surface area contributed by atoms with E-state index in [2.05, 4.69) is 27.8 Å². The highest BCUT2D eigenvalue weighted by atomic mass is 15.3. The SMILES string of the molecule is CCC1=C(c2cnn(C)c2)NC2NC=c3cnn(C)c3=C12. The average Bonchev–Trinajstić information content (AvgIpc) is 3.15. The fraction of sp³-hybridized carbons (Fsp3) is 0.333. The Morgan fingerprint density at radius 2 is 2.10 bits per heavy atom. The van der Waals surface area contributed by atoms with Gasteiger partial charge in [-0.05, 0) is 12.0 Å². The molecule has 2 N–H and O–H groups in total. The Morgan fingerprint density at radius 1 is 1.24 bits per heavy atom. The van der Waals surface area contributed by atoms with Gasteiger partial charge >= 0.3 is 0 Å². The van der Waals surface area contributed by atoms with E-state index in [-0.39, 0.29) is 6.17 Å². The minimum atomic E-state index is 0.109. The normalized spacial score (nSPS) is 19.8. The second kappa shape index (κ2) is 4.25. The summed E-state index contributed by atoms with van der Waals surface area (Å²) in [4.78, 5) is 0. The van der Waals surface area contributed by atoms with Crippen molar-refractivity contribution in [2.75, 3.05) is 0 Å². The summed E-state index contributed by atoms with van der Waals surface area (Å²) >= 11 is 0. The van der Waals surface area contributed by atoms with Crippen molar-refractivity contribution in [2.24, 2.45) is 14.1 Å². The van der Waals surface area contributed by atoms with E-state index in [0.29, 0.717) is 0 Å². The van der Waals surface area contributed by atoms with Crippen LogP contribution in [0.5, 0.6) is 0 Å². The Balaban J connectivity index is 2.02. The van der Waals surface area contributed by atoms with E-state index in [1.54, 1.807) is 0 Å². The maximum Gasteiger partial charge on any atom is 0.125 e. The molecule has 0 amide bonds. The molecule has 4 heterocycles. The third kappa shape index (κ3) is 1.65. The van der Waals surface area contributed by atoms with Crippen LogP contribution >= 0.6 is 0 Å². The van der Waals surface area contributed by atoms with Crippen LogP contribution in [-0.4, -0.2) is 25.7 Å². The van der Waals surface area contributed by atoms with Gasteiger partial charge in [0.05, 0.1) is 23.4 Å². The first-order valence-corrected chi connectivity index (χ1v) is 7.16. The molecule has 2 aromatic heterocycles. The van der Waals surface area contributed by atoms with E-state index in [9.17, 15) is 0 Å². The quantitative estimate of drug-likeness (QED) is 0.772. The molecule has 0 radical (unpaired) electrons. The van der Waals surface area contributed by atoms with Gasteiger partial charge in [0, 0.05) is 42.8 Å². The van der Waals surface area contributed by atoms with Crippen molar-refractivity contribution in [1.29, 1.82) is 0 Å². The lowest BCUT2D eigenvalue weighted by molar-refractivity contribution is 0.676. The summed E-state index contributed by atoms with van der Waals surface area (Å²) in [6.07, 6.45) is 8.96. The summed E-state index contributed by atoms with van der Waals surface area (Å²) in [5, 5.41) is 18.0. The lowest BCUT2D eigenvalue weighted by Gasteiger charge is -2.18. The molecule has 0 aliphatic carbocycles. The first-order chi connectivity index (χ1) is 10.2. The van der Waals surface area contributed by atoms with E-state index in [1.165, 1.54) is 22.2 Å². The monoisotopic (exact) mass is 282 g/mol. The van der Waals surface area contributed by atoms with Gasteiger partial charge in [-0.3, -0.25) is 9.36 Å². The van der Waals surface area contributed by atoms with Gasteiger partial charge in [-0.1, -0.05) is 6.92 Å². The summed E-state index contributed by atoms with van der Waals surface area (Å²) in [5.74, 6) is 0. The number of fused-ring (bicyclic) bond motifs is 2. The van der Waals surface area contributed by atoms with Crippen molar-refractivity contribution in [3.05, 3.63) is 40.3 Å². The molecule has 0 saturated carbocycles. The lowest BCUT2D eigenvalue weighted by atomic mass is 9.99. The zero-order valence-electron chi connectivity index (χ0n) is 12.4. The van der Waals surface area contributed by atoms with Crippen molar-refractivity contribution in [3.63, 3.8) is 0 Å². The van der Waals surface area contributed by atoms with Crippen LogP contribution in [0.25, 0.3) is 17.5 Å². The van der Waals surface area contributed by atoms with E-state index < -0.39 is 0 Å². The highest BCUT2D eigenvalue weighted by Gasteiger charge is 2.31. The molecule has 0 fully saturated rings. The molecule has 4 rings (SSSR count). The van der Waals surface area contributed by atoms with Crippen molar-refractivity contribution < 1.29 is 0 Å². The zero-order chi connectivity index (χ0) is 14.6. The van der Waals surface area contributed by atoms with Gasteiger partial charge in [-0.15, -0.1) is 0 Å². The predicted molar refractivity (Wildman–Crippen MR) is 80.8 cm³/mol. The van der Waals surface area contributed by atoms with Crippen molar-refractivity contribution in [3.8, 4) is 0 Å². The number of nitrogens with one attached hydrogen (secondary N) is 2. The molecule has 2 aromatic rings. The van der Waals surface area contributed by atoms with Crippen LogP contribution < -0.4 is 21.2 Å². The van der Waals surface area contributed by atoms with Crippen molar-refractivity contribution in [2.45, 2.75) is 19.5 Å². The van der Waals surface area contributed by atoms with E-state index in [1.807, 2.05) is 48.2 Å². The Labute approximate surface area is 122 Å². The molecule has 108 valence electrons. The lowest BCUT2D eigenvalue weighted by Crippen LogP contribution is -2.47. The third-order valence-electron chi connectivity index (χ3n) is 4.18. The van der Waals surface area contributed by atoms with Crippen LogP contribution in [0.3, 0.4) is 0 Å². The minimum Gasteiger partial charge on any atom is -0.367 e. The second-order valence-corrected chi connectivity index (χ2v) is 5.48. The number of aryl methyl sites for hydroxylation is 2. The van der Waals surface area contributed by atoms with E-state index in [4.69, 9.17) is 0 Å². The molecule has 6 nitrogen and oxygen atoms in total. The number of nitrogens with zero attached hydrogens (tertiary/aromatic N) is 4. The van der Waals surface area contributed by atoms with Gasteiger partial charge in [0.2, 0.25) is 0 Å². The second-order valence-electron chi connectivity index (χ2n) is 5.48. The fourth-order valence-corrected chi connectivity index (χ4v) is 3.26. The van der Waals surface area contributed by atoms with Gasteiger partial charge in [0.25, 0.3) is 0 Å². The van der Waals surface area contributed by atoms with Crippen LogP contribution in [0, 0.1) is 0 Å². The molecular formula is C15H18N6. The first-order valence-electron chi connectivity index (χ1n) is 7.16. The molecule has 0 bridgehead atoms. The Bertz CT molecular complexity index is 866. The Morgan fingerprint density at radius 3 is 2.81 bits per heavy atom. The summed E-state index contributed by atoms with van der Waals surface area (Å²) in [6.45, 7) is 2.19. The molecule has 21 heavy (non-hydrogen) atoms. The molecular weight excluding hydrogens is 264 g/mol. The Hall–Kier alpha value is -2.50. The van der Waals surface area contributed by atoms with Gasteiger partial charge in [-0.25, -0.2) is 0 Å². The summed E-state index contributed by atoms with van der Waals surface area (Å²) in [6, 6.07) is 0. The van der Waals surface area contributed by atoms with Gasteiger partial charge in [-0.2, -0.15) is 10.2 Å². The van der Waals surface area contributed by atoms with Crippen LogP contribution in [0.2, 0.25) is 0 Å². The Kier molecular flexibility index (Phi) is 2.48. The summed E-state index contributed by atoms with van der Waals surface area (Å²) in [7, 11) is 3.94. The molecule has 2 aliphatic heterocycles. The highest BCUT2D eigenvalue weighted by Crippen LogP contribution is 2.32. The van der Waals surface area contributed by atoms with Crippen LogP contribution in [0.1, 0.15) is 18.9 Å². The maximum absolute atomic E-state index is 4.39. The minimum absolute atomic E-state index is 0.109. The standard InChI is InChI=1S/C15H18N6/c1-4-11-12-14-9(6-18-21(14)3)5-16-15(12)19-13(11)10-7-17-20(2)8-10/h5-8,15-16,19H,4H2,1-3H3.